The van der Waals surface area contributed by atoms with Crippen molar-refractivity contribution in [3.8, 4) is 6.07 Å². The number of aliphatic hydroxyl groups is 1. The van der Waals surface area contributed by atoms with E-state index in [0.29, 0.717) is 30.6 Å². The molecule has 5 rings (SSSR count). The molecule has 4 nitrogen and oxygen atoms in total. The molecule has 5 atom stereocenters. The van der Waals surface area contributed by atoms with Gasteiger partial charge in [0.25, 0.3) is 0 Å². The Kier molecular flexibility index (Phi) is 4.64. The molecule has 2 fully saturated rings. The van der Waals surface area contributed by atoms with Crippen LogP contribution in [0.2, 0.25) is 0 Å². The Morgan fingerprint density at radius 3 is 2.81 bits per heavy atom. The van der Waals surface area contributed by atoms with Gasteiger partial charge in [0.1, 0.15) is 11.9 Å². The van der Waals surface area contributed by atoms with Crippen LogP contribution in [0.25, 0.3) is 0 Å². The molecular formula is C26H29FN2O2. The highest BCUT2D eigenvalue weighted by Gasteiger charge is 2.61. The minimum Gasteiger partial charge on any atom is -0.619 e. The van der Waals surface area contributed by atoms with E-state index >= 15 is 0 Å². The fraction of sp³-hybridized carbons (Fsp3) is 0.538. The normalized spacial score (nSPS) is 33.8. The predicted octanol–water partition coefficient (Wildman–Crippen LogP) is 4.47. The van der Waals surface area contributed by atoms with Gasteiger partial charge in [-0.05, 0) is 91.4 Å². The van der Waals surface area contributed by atoms with Crippen molar-refractivity contribution in [3.63, 3.8) is 0 Å². The summed E-state index contributed by atoms with van der Waals surface area (Å²) >= 11 is 0. The molecule has 162 valence electrons. The maximum atomic E-state index is 14.8. The van der Waals surface area contributed by atoms with Crippen LogP contribution in [-0.4, -0.2) is 10.7 Å². The number of aromatic nitrogens is 1. The molecule has 31 heavy (non-hydrogen) atoms. The van der Waals surface area contributed by atoms with Crippen molar-refractivity contribution in [2.24, 2.45) is 17.3 Å². The summed E-state index contributed by atoms with van der Waals surface area (Å²) in [6.45, 7) is 4.18. The molecule has 1 N–H and O–H groups in total. The number of halogens is 1. The van der Waals surface area contributed by atoms with E-state index < -0.39 is 5.60 Å². The number of hydrogen-bond donors (Lipinski definition) is 1. The Morgan fingerprint density at radius 1 is 1.26 bits per heavy atom. The number of nitriles is 1. The first kappa shape index (κ1) is 20.5. The second-order valence-electron chi connectivity index (χ2n) is 10.2. The van der Waals surface area contributed by atoms with Crippen molar-refractivity contribution in [3.05, 3.63) is 69.4 Å². The quantitative estimate of drug-likeness (QED) is 0.576. The predicted molar refractivity (Wildman–Crippen MR) is 115 cm³/mol. The smallest absolute Gasteiger partial charge is 0.183 e. The summed E-state index contributed by atoms with van der Waals surface area (Å²) in [6.07, 6.45) is 8.83. The van der Waals surface area contributed by atoms with Crippen LogP contribution in [-0.2, 0) is 12.8 Å². The lowest BCUT2D eigenvalue weighted by Crippen LogP contribution is -2.52. The Hall–Kier alpha value is -2.45. The maximum Gasteiger partial charge on any atom is 0.183 e. The molecule has 0 spiro atoms. The Bertz CT molecular complexity index is 1090. The Labute approximate surface area is 182 Å². The first-order valence-electron chi connectivity index (χ1n) is 11.4. The van der Waals surface area contributed by atoms with Gasteiger partial charge in [-0.3, -0.25) is 0 Å². The van der Waals surface area contributed by atoms with Gasteiger partial charge in [0, 0.05) is 18.1 Å². The van der Waals surface area contributed by atoms with Gasteiger partial charge in [0.2, 0.25) is 0 Å². The van der Waals surface area contributed by atoms with Crippen LogP contribution in [0.1, 0.15) is 72.8 Å². The van der Waals surface area contributed by atoms with E-state index in [1.54, 1.807) is 12.3 Å². The van der Waals surface area contributed by atoms with Crippen LogP contribution < -0.4 is 4.73 Å². The van der Waals surface area contributed by atoms with Crippen LogP contribution in [0, 0.1) is 46.5 Å². The topological polar surface area (TPSA) is 71.0 Å². The third-order valence-electron chi connectivity index (χ3n) is 9.02. The van der Waals surface area contributed by atoms with Crippen LogP contribution in [0.4, 0.5) is 4.39 Å². The van der Waals surface area contributed by atoms with Crippen molar-refractivity contribution >= 4 is 0 Å². The molecule has 0 bridgehead atoms. The van der Waals surface area contributed by atoms with Gasteiger partial charge >= 0.3 is 0 Å². The van der Waals surface area contributed by atoms with E-state index in [0.717, 1.165) is 59.1 Å². The maximum absolute atomic E-state index is 14.8. The molecule has 2 aromatic rings. The van der Waals surface area contributed by atoms with Gasteiger partial charge in [-0.15, -0.1) is 0 Å². The lowest BCUT2D eigenvalue weighted by molar-refractivity contribution is -0.605. The number of benzene rings is 1. The standard InChI is InChI=1S/C26H29FN2O2/c1-16-15-29(31)12-9-17(16)13-26(30)11-8-23-21-5-6-22-19(4-3-18(14-28)24(22)27)20(21)7-10-25(23,26)2/h3-4,9,12,15,20-21,23,30H,5-8,10-11,13H2,1-2H3/t20?,21?,23?,25-,26+/m0/s1. The van der Waals surface area contributed by atoms with Gasteiger partial charge in [-0.25, -0.2) is 4.39 Å². The lowest BCUT2D eigenvalue weighted by atomic mass is 9.52. The first-order chi connectivity index (χ1) is 14.8. The number of pyridine rings is 1. The molecule has 2 saturated carbocycles. The second-order valence-corrected chi connectivity index (χ2v) is 10.2. The zero-order chi connectivity index (χ0) is 22.0. The van der Waals surface area contributed by atoms with E-state index in [4.69, 9.17) is 0 Å². The zero-order valence-electron chi connectivity index (χ0n) is 18.2. The second kappa shape index (κ2) is 7.03. The number of hydrogen-bond acceptors (Lipinski definition) is 3. The summed E-state index contributed by atoms with van der Waals surface area (Å²) in [4.78, 5) is 0. The van der Waals surface area contributed by atoms with Crippen LogP contribution >= 0.6 is 0 Å². The van der Waals surface area contributed by atoms with E-state index in [2.05, 4.69) is 6.92 Å². The number of fused-ring (bicyclic) bond motifs is 5. The molecule has 1 aromatic carbocycles. The van der Waals surface area contributed by atoms with E-state index in [9.17, 15) is 20.0 Å². The van der Waals surface area contributed by atoms with Crippen LogP contribution in [0.3, 0.4) is 0 Å². The van der Waals surface area contributed by atoms with Crippen molar-refractivity contribution in [2.75, 3.05) is 0 Å². The highest BCUT2D eigenvalue weighted by Crippen LogP contribution is 2.65. The fourth-order valence-corrected chi connectivity index (χ4v) is 7.24. The van der Waals surface area contributed by atoms with Gasteiger partial charge in [0.15, 0.2) is 12.4 Å². The van der Waals surface area contributed by atoms with Crippen molar-refractivity contribution in [1.82, 2.24) is 0 Å². The summed E-state index contributed by atoms with van der Waals surface area (Å²) in [6, 6.07) is 7.43. The van der Waals surface area contributed by atoms with Gasteiger partial charge < -0.3 is 10.3 Å². The van der Waals surface area contributed by atoms with Gasteiger partial charge in [0.05, 0.1) is 11.2 Å². The van der Waals surface area contributed by atoms with E-state index in [-0.39, 0.29) is 16.8 Å². The number of rotatable bonds is 2. The minimum absolute atomic E-state index is 0.144. The third-order valence-corrected chi connectivity index (χ3v) is 9.02. The first-order valence-corrected chi connectivity index (χ1v) is 11.4. The molecule has 0 aliphatic heterocycles. The summed E-state index contributed by atoms with van der Waals surface area (Å²) in [5.74, 6) is 0.819. The van der Waals surface area contributed by atoms with Gasteiger partial charge in [-0.2, -0.15) is 9.99 Å². The van der Waals surface area contributed by atoms with Crippen LogP contribution in [0.5, 0.6) is 0 Å². The summed E-state index contributed by atoms with van der Waals surface area (Å²) in [7, 11) is 0. The van der Waals surface area contributed by atoms with Crippen molar-refractivity contribution in [2.45, 2.75) is 70.3 Å². The Morgan fingerprint density at radius 2 is 2.06 bits per heavy atom. The third kappa shape index (κ3) is 2.91. The minimum atomic E-state index is -0.793. The largest absolute Gasteiger partial charge is 0.619 e. The molecule has 0 radical (unpaired) electrons. The molecule has 3 aliphatic rings. The molecule has 1 aromatic heterocycles. The Balaban J connectivity index is 1.46. The average molecular weight is 421 g/mol. The highest BCUT2D eigenvalue weighted by molar-refractivity contribution is 5.44. The molecule has 3 aliphatic carbocycles. The fourth-order valence-electron chi connectivity index (χ4n) is 7.24. The molecule has 0 saturated heterocycles. The SMILES string of the molecule is Cc1c[n+]([O-])ccc1C[C@]1(O)CCC2C3CCc4c(ccc(C#N)c4F)C3CC[C@@]21C. The van der Waals surface area contributed by atoms with Crippen molar-refractivity contribution < 1.29 is 14.2 Å². The van der Waals surface area contributed by atoms with E-state index in [1.807, 2.05) is 25.1 Å². The number of aryl methyl sites for hydroxylation is 1. The summed E-state index contributed by atoms with van der Waals surface area (Å²) in [5.41, 5.74) is 2.95. The summed E-state index contributed by atoms with van der Waals surface area (Å²) < 4.78 is 15.6. The average Bonchev–Trinajstić information content (AvgIpc) is 3.01. The lowest BCUT2D eigenvalue weighted by Gasteiger charge is -2.53. The van der Waals surface area contributed by atoms with E-state index in [1.165, 1.54) is 6.20 Å². The summed E-state index contributed by atoms with van der Waals surface area (Å²) in [5, 5.41) is 32.7. The van der Waals surface area contributed by atoms with Crippen molar-refractivity contribution in [1.29, 1.82) is 5.26 Å². The zero-order valence-corrected chi connectivity index (χ0v) is 18.2. The highest BCUT2D eigenvalue weighted by atomic mass is 19.1. The number of nitrogens with zero attached hydrogens (tertiary/aromatic N) is 2. The molecule has 3 unspecified atom stereocenters. The molecular weight excluding hydrogens is 391 g/mol. The molecule has 0 amide bonds. The molecule has 5 heteroatoms. The van der Waals surface area contributed by atoms with Gasteiger partial charge in [-0.1, -0.05) is 13.0 Å². The molecule has 1 heterocycles. The van der Waals surface area contributed by atoms with Crippen LogP contribution in [0.15, 0.2) is 30.6 Å². The monoisotopic (exact) mass is 420 g/mol.